The van der Waals surface area contributed by atoms with Crippen molar-refractivity contribution in [3.8, 4) is 0 Å². The minimum Gasteiger partial charge on any atom is -0.377 e. The van der Waals surface area contributed by atoms with Gasteiger partial charge in [-0.2, -0.15) is 13.2 Å². The Balaban J connectivity index is 2.18. The van der Waals surface area contributed by atoms with Gasteiger partial charge in [-0.3, -0.25) is 4.21 Å². The van der Waals surface area contributed by atoms with Crippen molar-refractivity contribution in [3.05, 3.63) is 28.8 Å². The molecule has 2 nitrogen and oxygen atoms in total. The summed E-state index contributed by atoms with van der Waals surface area (Å²) in [5, 5.41) is -0.384. The maximum Gasteiger partial charge on any atom is 0.417 e. The normalized spacial score (nSPS) is 21.6. The van der Waals surface area contributed by atoms with E-state index in [4.69, 9.17) is 16.3 Å². The Kier molecular flexibility index (Phi) is 4.53. The lowest BCUT2D eigenvalue weighted by molar-refractivity contribution is -0.137. The van der Waals surface area contributed by atoms with Crippen LogP contribution in [0.2, 0.25) is 5.02 Å². The van der Waals surface area contributed by atoms with E-state index < -0.39 is 22.5 Å². The van der Waals surface area contributed by atoms with Crippen molar-refractivity contribution in [1.82, 2.24) is 0 Å². The SMILES string of the molecule is O=S(CC1CCCO1)c1ccc(Cl)c(C(F)(F)F)c1. The molecule has 0 aromatic heterocycles. The maximum atomic E-state index is 12.7. The van der Waals surface area contributed by atoms with Crippen LogP contribution in [0.15, 0.2) is 23.1 Å². The number of ether oxygens (including phenoxy) is 1. The van der Waals surface area contributed by atoms with Gasteiger partial charge >= 0.3 is 6.18 Å². The Morgan fingerprint density at radius 2 is 2.16 bits per heavy atom. The summed E-state index contributed by atoms with van der Waals surface area (Å²) in [7, 11) is -1.51. The maximum absolute atomic E-state index is 12.7. The number of alkyl halides is 3. The zero-order chi connectivity index (χ0) is 14.0. The fourth-order valence-corrected chi connectivity index (χ4v) is 3.39. The number of hydrogen-bond donors (Lipinski definition) is 0. The molecule has 2 atom stereocenters. The molecule has 0 bridgehead atoms. The summed E-state index contributed by atoms with van der Waals surface area (Å²) in [6.45, 7) is 0.621. The predicted octanol–water partition coefficient (Wildman–Crippen LogP) is 3.65. The Bertz CT molecular complexity index is 484. The molecule has 0 amide bonds. The summed E-state index contributed by atoms with van der Waals surface area (Å²) < 4.78 is 55.4. The molecule has 1 saturated heterocycles. The molecule has 2 unspecified atom stereocenters. The van der Waals surface area contributed by atoms with Crippen molar-refractivity contribution < 1.29 is 22.1 Å². The Hall–Kier alpha value is -0.590. The lowest BCUT2D eigenvalue weighted by Crippen LogP contribution is -2.16. The first kappa shape index (κ1) is 14.8. The van der Waals surface area contributed by atoms with Gasteiger partial charge < -0.3 is 4.74 Å². The van der Waals surface area contributed by atoms with E-state index in [0.717, 1.165) is 25.0 Å². The third-order valence-corrected chi connectivity index (χ3v) is 4.65. The van der Waals surface area contributed by atoms with E-state index in [1.807, 2.05) is 0 Å². The van der Waals surface area contributed by atoms with Crippen molar-refractivity contribution in [2.45, 2.75) is 30.0 Å². The van der Waals surface area contributed by atoms with E-state index in [1.165, 1.54) is 6.07 Å². The van der Waals surface area contributed by atoms with Crippen molar-refractivity contribution in [1.29, 1.82) is 0 Å². The first-order valence-electron chi connectivity index (χ1n) is 5.74. The summed E-state index contributed by atoms with van der Waals surface area (Å²) in [5.74, 6) is 0.221. The fourth-order valence-electron chi connectivity index (χ4n) is 1.90. The Labute approximate surface area is 116 Å². The molecule has 1 aromatic rings. The minimum atomic E-state index is -4.54. The zero-order valence-corrected chi connectivity index (χ0v) is 11.4. The average molecular weight is 313 g/mol. The molecule has 0 aliphatic carbocycles. The number of rotatable bonds is 3. The van der Waals surface area contributed by atoms with Crippen LogP contribution < -0.4 is 0 Å². The highest BCUT2D eigenvalue weighted by atomic mass is 35.5. The molecular weight excluding hydrogens is 301 g/mol. The predicted molar refractivity (Wildman–Crippen MR) is 66.7 cm³/mol. The second kappa shape index (κ2) is 5.81. The van der Waals surface area contributed by atoms with Crippen molar-refractivity contribution in [2.75, 3.05) is 12.4 Å². The largest absolute Gasteiger partial charge is 0.417 e. The molecule has 0 spiro atoms. The number of hydrogen-bond acceptors (Lipinski definition) is 2. The molecule has 0 N–H and O–H groups in total. The minimum absolute atomic E-state index is 0.132. The lowest BCUT2D eigenvalue weighted by Gasteiger charge is -2.12. The summed E-state index contributed by atoms with van der Waals surface area (Å²) in [6, 6.07) is 3.35. The van der Waals surface area contributed by atoms with Crippen molar-refractivity contribution in [2.24, 2.45) is 0 Å². The van der Waals surface area contributed by atoms with E-state index in [2.05, 4.69) is 0 Å². The van der Waals surface area contributed by atoms with Gasteiger partial charge in [0.2, 0.25) is 0 Å². The quantitative estimate of drug-likeness (QED) is 0.851. The van der Waals surface area contributed by atoms with Crippen molar-refractivity contribution in [3.63, 3.8) is 0 Å². The molecule has 7 heteroatoms. The molecule has 19 heavy (non-hydrogen) atoms. The van der Waals surface area contributed by atoms with Gasteiger partial charge in [-0.25, -0.2) is 0 Å². The molecule has 1 aliphatic rings. The van der Waals surface area contributed by atoms with E-state index in [9.17, 15) is 17.4 Å². The Morgan fingerprint density at radius 1 is 1.42 bits per heavy atom. The zero-order valence-electron chi connectivity index (χ0n) is 9.87. The first-order chi connectivity index (χ1) is 8.88. The molecule has 1 aromatic carbocycles. The highest BCUT2D eigenvalue weighted by Crippen LogP contribution is 2.35. The summed E-state index contributed by atoms with van der Waals surface area (Å²) in [6.07, 6.45) is -2.98. The van der Waals surface area contributed by atoms with Crippen LogP contribution in [-0.2, 0) is 21.7 Å². The summed E-state index contributed by atoms with van der Waals surface area (Å²) >= 11 is 5.51. The second-order valence-electron chi connectivity index (χ2n) is 4.29. The van der Waals surface area contributed by atoms with E-state index in [0.29, 0.717) is 6.61 Å². The monoisotopic (exact) mass is 312 g/mol. The van der Waals surface area contributed by atoms with Gasteiger partial charge in [0, 0.05) is 11.5 Å². The molecular formula is C12H12ClF3O2S. The lowest BCUT2D eigenvalue weighted by atomic mass is 10.2. The molecule has 0 saturated carbocycles. The van der Waals surface area contributed by atoms with E-state index in [-0.39, 0.29) is 21.8 Å². The standard InChI is InChI=1S/C12H12ClF3O2S/c13-11-4-3-9(6-10(11)12(14,15)16)19(17)7-8-2-1-5-18-8/h3-4,6,8H,1-2,5,7H2. The van der Waals surface area contributed by atoms with Gasteiger partial charge in [-0.1, -0.05) is 11.6 Å². The molecule has 1 heterocycles. The molecule has 0 radical (unpaired) electrons. The Morgan fingerprint density at radius 3 is 2.74 bits per heavy atom. The average Bonchev–Trinajstić information content (AvgIpc) is 2.80. The smallest absolute Gasteiger partial charge is 0.377 e. The first-order valence-corrected chi connectivity index (χ1v) is 7.44. The topological polar surface area (TPSA) is 26.3 Å². The van der Waals surface area contributed by atoms with Crippen LogP contribution in [-0.4, -0.2) is 22.7 Å². The number of benzene rings is 1. The van der Waals surface area contributed by atoms with Crippen LogP contribution in [0, 0.1) is 0 Å². The second-order valence-corrected chi connectivity index (χ2v) is 6.19. The van der Waals surface area contributed by atoms with Crippen LogP contribution in [0.1, 0.15) is 18.4 Å². The summed E-state index contributed by atoms with van der Waals surface area (Å²) in [4.78, 5) is 0.132. The van der Waals surface area contributed by atoms with Gasteiger partial charge in [0.15, 0.2) is 0 Å². The van der Waals surface area contributed by atoms with Crippen LogP contribution in [0.4, 0.5) is 13.2 Å². The van der Waals surface area contributed by atoms with E-state index in [1.54, 1.807) is 0 Å². The van der Waals surface area contributed by atoms with Gasteiger partial charge in [0.25, 0.3) is 0 Å². The molecule has 2 rings (SSSR count). The molecule has 1 aliphatic heterocycles. The van der Waals surface area contributed by atoms with Gasteiger partial charge in [-0.15, -0.1) is 0 Å². The van der Waals surface area contributed by atoms with Gasteiger partial charge in [0.05, 0.1) is 33.2 Å². The molecule has 1 fully saturated rings. The number of halogens is 4. The van der Waals surface area contributed by atoms with Crippen LogP contribution >= 0.6 is 11.6 Å². The fraction of sp³-hybridized carbons (Fsp3) is 0.500. The van der Waals surface area contributed by atoms with Gasteiger partial charge in [0.1, 0.15) is 0 Å². The third-order valence-electron chi connectivity index (χ3n) is 2.87. The van der Waals surface area contributed by atoms with Gasteiger partial charge in [-0.05, 0) is 31.0 Å². The molecule has 106 valence electrons. The van der Waals surface area contributed by atoms with Crippen molar-refractivity contribution >= 4 is 22.4 Å². The highest BCUT2D eigenvalue weighted by Gasteiger charge is 2.34. The van der Waals surface area contributed by atoms with Crippen LogP contribution in [0.25, 0.3) is 0 Å². The van der Waals surface area contributed by atoms with Crippen LogP contribution in [0.3, 0.4) is 0 Å². The van der Waals surface area contributed by atoms with Crippen LogP contribution in [0.5, 0.6) is 0 Å². The third kappa shape index (κ3) is 3.70. The highest BCUT2D eigenvalue weighted by molar-refractivity contribution is 7.85. The van der Waals surface area contributed by atoms with E-state index >= 15 is 0 Å². The summed E-state index contributed by atoms with van der Waals surface area (Å²) in [5.41, 5.74) is -0.952.